The Morgan fingerprint density at radius 2 is 0.710 bits per heavy atom. The SMILES string of the molecule is CN(C)C/C=C/C(=O)Nc1cccc(C(=O)Nc2cccc(Cc3ncc(Cl)c(-c4c[nH]c5ccccc45)n3)c2)c1.Cc1ccc(Cc2ncc(Cl)c(-c3c[nH]c4ccccc34)n2)cc1NC(=O)c1ccc(NC(=O)/C=C/CN(C)C)cc1.Cc1cnc(Cc2cccc(NC(=O)c3ccc(NC(=O)/C=C/CN(C)C)cc3)c2)nc1-c1c[nH]c2ccccc12. The third-order valence-electron chi connectivity index (χ3n) is 19.6. The minimum absolute atomic E-state index is 0.216. The molecule has 15 rings (SSSR count). The number of hydrogen-bond donors (Lipinski definition) is 9. The molecule has 0 fully saturated rings. The number of aromatic amines is 3. The van der Waals surface area contributed by atoms with Crippen LogP contribution in [0, 0.1) is 13.8 Å². The van der Waals surface area contributed by atoms with Crippen molar-refractivity contribution in [3.05, 3.63) is 358 Å². The lowest BCUT2D eigenvalue weighted by Gasteiger charge is -2.12. The van der Waals surface area contributed by atoms with Crippen LogP contribution in [0.5, 0.6) is 0 Å². The molecule has 24 nitrogen and oxygen atoms in total. The summed E-state index contributed by atoms with van der Waals surface area (Å²) < 4.78 is 0. The summed E-state index contributed by atoms with van der Waals surface area (Å²) in [7, 11) is 11.6. The number of carbonyl (C=O) groups is 6. The molecule has 0 bridgehead atoms. The molecule has 9 aromatic carbocycles. The number of aromatic nitrogens is 9. The Bertz CT molecular complexity index is 6470. The minimum Gasteiger partial charge on any atom is -0.360 e. The maximum absolute atomic E-state index is 13.0. The van der Waals surface area contributed by atoms with Crippen LogP contribution in [-0.4, -0.2) is 157 Å². The second kappa shape index (κ2) is 41.5. The molecule has 124 heavy (non-hydrogen) atoms. The van der Waals surface area contributed by atoms with Crippen molar-refractivity contribution in [3.8, 4) is 33.8 Å². The molecule has 0 saturated heterocycles. The van der Waals surface area contributed by atoms with Crippen molar-refractivity contribution in [2.24, 2.45) is 0 Å². The number of anilines is 6. The highest BCUT2D eigenvalue weighted by atomic mass is 35.5. The fraction of sp³-hybridized carbons (Fsp3) is 0.143. The second-order valence-electron chi connectivity index (χ2n) is 30.2. The van der Waals surface area contributed by atoms with Crippen LogP contribution in [0.4, 0.5) is 34.1 Å². The molecule has 15 aromatic rings. The van der Waals surface area contributed by atoms with E-state index in [-0.39, 0.29) is 35.4 Å². The summed E-state index contributed by atoms with van der Waals surface area (Å²) in [6.07, 6.45) is 22.2. The predicted octanol–water partition coefficient (Wildman–Crippen LogP) is 18.5. The smallest absolute Gasteiger partial charge is 0.255 e. The van der Waals surface area contributed by atoms with Gasteiger partial charge in [0.15, 0.2) is 0 Å². The van der Waals surface area contributed by atoms with Gasteiger partial charge in [0.1, 0.15) is 17.5 Å². The number of H-pyrrole nitrogens is 3. The zero-order chi connectivity index (χ0) is 87.2. The molecule has 0 spiro atoms. The van der Waals surface area contributed by atoms with Gasteiger partial charge in [0.2, 0.25) is 17.7 Å². The molecule has 6 heterocycles. The van der Waals surface area contributed by atoms with Crippen LogP contribution in [0.2, 0.25) is 10.0 Å². The second-order valence-corrected chi connectivity index (χ2v) is 31.0. The van der Waals surface area contributed by atoms with Crippen molar-refractivity contribution in [2.75, 3.05) is 93.8 Å². The van der Waals surface area contributed by atoms with Gasteiger partial charge in [-0.15, -0.1) is 0 Å². The van der Waals surface area contributed by atoms with E-state index in [1.54, 1.807) is 103 Å². The highest BCUT2D eigenvalue weighted by Gasteiger charge is 2.20. The van der Waals surface area contributed by atoms with E-state index in [9.17, 15) is 28.8 Å². The van der Waals surface area contributed by atoms with Crippen LogP contribution < -0.4 is 31.9 Å². The van der Waals surface area contributed by atoms with E-state index in [0.29, 0.717) is 129 Å². The van der Waals surface area contributed by atoms with E-state index in [2.05, 4.69) is 73.9 Å². The molecule has 6 amide bonds. The Kier molecular flexibility index (Phi) is 29.2. The van der Waals surface area contributed by atoms with Gasteiger partial charge in [0.05, 0.1) is 27.1 Å². The number of amides is 6. The van der Waals surface area contributed by atoms with Crippen molar-refractivity contribution >= 4 is 125 Å². The van der Waals surface area contributed by atoms with Gasteiger partial charge in [-0.1, -0.05) is 138 Å². The number of fused-ring (bicyclic) bond motifs is 3. The first-order valence-corrected chi connectivity index (χ1v) is 40.7. The molecule has 6 aromatic heterocycles. The molecule has 9 N–H and O–H groups in total. The molecule has 0 aliphatic heterocycles. The maximum atomic E-state index is 13.0. The van der Waals surface area contributed by atoms with Crippen molar-refractivity contribution in [3.63, 3.8) is 0 Å². The highest BCUT2D eigenvalue weighted by molar-refractivity contribution is 6.33. The summed E-state index contributed by atoms with van der Waals surface area (Å²) in [5.41, 5.74) is 18.2. The Labute approximate surface area is 728 Å². The van der Waals surface area contributed by atoms with E-state index in [1.807, 2.05) is 223 Å². The number of para-hydroxylation sites is 3. The molecule has 0 unspecified atom stereocenters. The number of nitrogens with one attached hydrogen (secondary N) is 9. The largest absolute Gasteiger partial charge is 0.360 e. The maximum Gasteiger partial charge on any atom is 0.255 e. The van der Waals surface area contributed by atoms with E-state index in [0.717, 1.165) is 82.9 Å². The van der Waals surface area contributed by atoms with E-state index in [4.69, 9.17) is 38.2 Å². The van der Waals surface area contributed by atoms with Crippen LogP contribution in [0.3, 0.4) is 0 Å². The quantitative estimate of drug-likeness (QED) is 0.0216. The van der Waals surface area contributed by atoms with Gasteiger partial charge in [0, 0.05) is 195 Å². The summed E-state index contributed by atoms with van der Waals surface area (Å²) in [6.45, 7) is 5.96. The molecular weight excluding hydrogens is 1600 g/mol. The van der Waals surface area contributed by atoms with E-state index >= 15 is 0 Å². The van der Waals surface area contributed by atoms with Gasteiger partial charge in [-0.25, -0.2) is 29.9 Å². The summed E-state index contributed by atoms with van der Waals surface area (Å²) >= 11 is 13.0. The Morgan fingerprint density at radius 1 is 0.347 bits per heavy atom. The molecule has 0 atom stereocenters. The number of benzene rings is 9. The summed E-state index contributed by atoms with van der Waals surface area (Å²) in [4.78, 5) is 119. The molecular formula is C98H92Cl2N18O6. The van der Waals surface area contributed by atoms with Crippen molar-refractivity contribution in [1.82, 2.24) is 59.6 Å². The third kappa shape index (κ3) is 23.9. The first-order valence-electron chi connectivity index (χ1n) is 39.9. The predicted molar refractivity (Wildman–Crippen MR) is 497 cm³/mol. The summed E-state index contributed by atoms with van der Waals surface area (Å²) in [5, 5.41) is 21.4. The van der Waals surface area contributed by atoms with Gasteiger partial charge < -0.3 is 61.6 Å². The number of nitrogens with zero attached hydrogens (tertiary/aromatic N) is 9. The number of carbonyl (C=O) groups excluding carboxylic acids is 6. The lowest BCUT2D eigenvalue weighted by Crippen LogP contribution is -2.14. The normalized spacial score (nSPS) is 11.3. The molecule has 624 valence electrons. The number of hydrogen-bond acceptors (Lipinski definition) is 15. The fourth-order valence-corrected chi connectivity index (χ4v) is 13.8. The molecule has 0 radical (unpaired) electrons. The zero-order valence-electron chi connectivity index (χ0n) is 69.6. The van der Waals surface area contributed by atoms with Crippen LogP contribution in [-0.2, 0) is 33.6 Å². The van der Waals surface area contributed by atoms with Crippen LogP contribution in [0.25, 0.3) is 66.5 Å². The minimum atomic E-state index is -0.286. The van der Waals surface area contributed by atoms with Gasteiger partial charge in [-0.2, -0.15) is 0 Å². The van der Waals surface area contributed by atoms with Crippen molar-refractivity contribution in [2.45, 2.75) is 33.1 Å². The Hall–Kier alpha value is -14.7. The Morgan fingerprint density at radius 3 is 1.15 bits per heavy atom. The highest BCUT2D eigenvalue weighted by Crippen LogP contribution is 2.36. The number of rotatable bonds is 27. The van der Waals surface area contributed by atoms with Crippen molar-refractivity contribution < 1.29 is 28.8 Å². The number of halogens is 2. The standard InChI is InChI=1S/C33H31ClN6O2.C33H32N6O2.C32H29ClN6O2/c1-21-10-11-22(18-30-36-20-27(34)32(39-30)26-19-35-28-8-5-4-7-25(26)28)17-29(21)38-33(42)23-12-14-24(15-13-23)37-31(41)9-6-16-40(2)3;1-22-20-35-30(38-32(22)28-21-34-29-11-5-4-10-27(28)29)19-23-8-6-9-26(18-23)37-33(41)24-13-15-25(16-14-24)36-31(40)12-7-17-39(2)3;1-39(2)15-7-14-30(40)36-24-11-6-9-22(18-24)32(41)37-23-10-5-8-21(16-23)17-29-35-20-27(33)31(38-29)26-19-34-28-13-4-3-12-25(26)28/h4-15,17,19-20,35H,16,18H2,1-3H3,(H,37,41)(H,38,42);4-16,18,20-21,34H,17,19H2,1-3H3,(H,36,40)(H,37,41);3-14,16,18-20,34H,15,17H2,1-2H3,(H,36,40)(H,37,41)/b9-6+;12-7+;14-7+. The summed E-state index contributed by atoms with van der Waals surface area (Å²) in [5.74, 6) is 0.471. The average molecular weight is 1690 g/mol. The van der Waals surface area contributed by atoms with E-state index < -0.39 is 0 Å². The monoisotopic (exact) mass is 1690 g/mol. The van der Waals surface area contributed by atoms with Gasteiger partial charge in [-0.05, 0) is 199 Å². The van der Waals surface area contributed by atoms with E-state index in [1.165, 1.54) is 18.2 Å². The summed E-state index contributed by atoms with van der Waals surface area (Å²) in [6, 6.07) is 65.7. The van der Waals surface area contributed by atoms with Gasteiger partial charge in [0.25, 0.3) is 17.7 Å². The van der Waals surface area contributed by atoms with Gasteiger partial charge >= 0.3 is 0 Å². The lowest BCUT2D eigenvalue weighted by molar-refractivity contribution is -0.112. The van der Waals surface area contributed by atoms with Crippen LogP contribution >= 0.6 is 23.2 Å². The molecule has 0 aliphatic rings. The van der Waals surface area contributed by atoms with Crippen molar-refractivity contribution in [1.29, 1.82) is 0 Å². The van der Waals surface area contributed by atoms with Crippen LogP contribution in [0.1, 0.15) is 76.4 Å². The number of likely N-dealkylation sites (N-methyl/N-ethyl adjacent to an activating group) is 3. The third-order valence-corrected chi connectivity index (χ3v) is 20.1. The molecule has 26 heteroatoms. The first kappa shape index (κ1) is 87.2. The van der Waals surface area contributed by atoms with Crippen LogP contribution in [0.15, 0.2) is 286 Å². The zero-order valence-corrected chi connectivity index (χ0v) is 71.1. The molecule has 0 saturated carbocycles. The first-order chi connectivity index (χ1) is 60.0. The molecule has 0 aliphatic carbocycles. The Balaban J connectivity index is 0.000000160. The number of aryl methyl sites for hydroxylation is 2. The van der Waals surface area contributed by atoms with Gasteiger partial charge in [-0.3, -0.25) is 28.8 Å². The fourth-order valence-electron chi connectivity index (χ4n) is 13.4. The topological polar surface area (TPSA) is 309 Å². The average Bonchev–Trinajstić information content (AvgIpc) is 1.64. The lowest BCUT2D eigenvalue weighted by atomic mass is 10.1.